The number of anilines is 2. The van der Waals surface area contributed by atoms with Gasteiger partial charge in [-0.3, -0.25) is 9.69 Å². The van der Waals surface area contributed by atoms with Gasteiger partial charge in [-0.25, -0.2) is 14.0 Å². The molecule has 0 aliphatic heterocycles. The van der Waals surface area contributed by atoms with Crippen LogP contribution in [0.25, 0.3) is 0 Å². The first-order valence-corrected chi connectivity index (χ1v) is 14.2. The normalized spacial score (nSPS) is 14.3. The molecule has 0 saturated heterocycles. The third-order valence-corrected chi connectivity index (χ3v) is 7.62. The van der Waals surface area contributed by atoms with Crippen molar-refractivity contribution in [1.82, 2.24) is 5.32 Å². The Hall–Kier alpha value is -4.20. The Labute approximate surface area is 240 Å². The molecule has 0 heterocycles. The smallest absolute Gasteiger partial charge is 0.340 e. The highest BCUT2D eigenvalue weighted by Crippen LogP contribution is 2.33. The van der Waals surface area contributed by atoms with Crippen LogP contribution >= 0.6 is 0 Å². The number of carboxylic acid groups (broad SMARTS) is 1. The van der Waals surface area contributed by atoms with Crippen molar-refractivity contribution in [3.63, 3.8) is 0 Å². The van der Waals surface area contributed by atoms with Crippen molar-refractivity contribution in [3.8, 4) is 0 Å². The fourth-order valence-corrected chi connectivity index (χ4v) is 5.10. The van der Waals surface area contributed by atoms with Crippen LogP contribution in [-0.2, 0) is 11.3 Å². The van der Waals surface area contributed by atoms with Gasteiger partial charge in [0.15, 0.2) is 0 Å². The lowest BCUT2D eigenvalue weighted by Gasteiger charge is -2.26. The molecular weight excluding hydrogens is 521 g/mol. The molecule has 1 saturated carbocycles. The number of alkyl halides is 1. The zero-order chi connectivity index (χ0) is 29.4. The molecule has 3 amide bonds. The Morgan fingerprint density at radius 3 is 2.12 bits per heavy atom. The zero-order valence-electron chi connectivity index (χ0n) is 23.6. The summed E-state index contributed by atoms with van der Waals surface area (Å²) in [5.41, 5.74) is 4.99. The molecule has 1 unspecified atom stereocenters. The monoisotopic (exact) mass is 559 g/mol. The van der Waals surface area contributed by atoms with E-state index in [9.17, 15) is 18.8 Å². The number of aliphatic carboxylic acids is 1. The summed E-state index contributed by atoms with van der Waals surface area (Å²) in [6.07, 6.45) is 4.00. The largest absolute Gasteiger partial charge is 0.479 e. The average molecular weight is 560 g/mol. The quantitative estimate of drug-likeness (QED) is 0.244. The second-order valence-electron chi connectivity index (χ2n) is 10.9. The van der Waals surface area contributed by atoms with Crippen LogP contribution in [0.2, 0.25) is 0 Å². The Morgan fingerprint density at radius 2 is 1.54 bits per heavy atom. The van der Waals surface area contributed by atoms with Crippen molar-refractivity contribution in [3.05, 3.63) is 95.1 Å². The lowest BCUT2D eigenvalue weighted by atomic mass is 9.84. The summed E-state index contributed by atoms with van der Waals surface area (Å²) in [5.74, 6) is -1.25. The number of carboxylic acids is 1. The van der Waals surface area contributed by atoms with Crippen LogP contribution in [-0.4, -0.2) is 35.7 Å². The maximum absolute atomic E-state index is 13.6. The molecule has 8 heteroatoms. The van der Waals surface area contributed by atoms with E-state index >= 15 is 0 Å². The van der Waals surface area contributed by atoms with Crippen LogP contribution in [0.15, 0.2) is 72.8 Å². The van der Waals surface area contributed by atoms with Gasteiger partial charge in [0, 0.05) is 16.9 Å². The van der Waals surface area contributed by atoms with E-state index in [4.69, 9.17) is 5.11 Å². The third-order valence-electron chi connectivity index (χ3n) is 7.62. The van der Waals surface area contributed by atoms with Crippen molar-refractivity contribution in [1.29, 1.82) is 0 Å². The fraction of sp³-hybridized carbons (Fsp3) is 0.364. The van der Waals surface area contributed by atoms with E-state index in [1.807, 2.05) is 36.4 Å². The molecule has 7 nitrogen and oxygen atoms in total. The maximum atomic E-state index is 13.6. The number of hydrogen-bond donors (Lipinski definition) is 3. The summed E-state index contributed by atoms with van der Waals surface area (Å²) in [4.78, 5) is 38.2. The number of carbonyl (C=O) groups is 3. The predicted octanol–water partition coefficient (Wildman–Crippen LogP) is 7.25. The minimum absolute atomic E-state index is 0.256. The lowest BCUT2D eigenvalue weighted by molar-refractivity contribution is -0.142. The lowest BCUT2D eigenvalue weighted by Crippen LogP contribution is -2.35. The van der Waals surface area contributed by atoms with Crippen LogP contribution in [0.3, 0.4) is 0 Å². The molecule has 41 heavy (non-hydrogen) atoms. The maximum Gasteiger partial charge on any atom is 0.340 e. The molecule has 0 radical (unpaired) electrons. The molecule has 4 rings (SSSR count). The first kappa shape index (κ1) is 29.8. The minimum atomic E-state index is -2.17. The first-order chi connectivity index (χ1) is 19.7. The van der Waals surface area contributed by atoms with Crippen molar-refractivity contribution in [2.45, 2.75) is 70.5 Å². The van der Waals surface area contributed by atoms with E-state index in [-0.39, 0.29) is 18.1 Å². The number of carbonyl (C=O) groups excluding carboxylic acids is 2. The topological polar surface area (TPSA) is 98.7 Å². The van der Waals surface area contributed by atoms with Gasteiger partial charge in [0.25, 0.3) is 5.91 Å². The Kier molecular flexibility index (Phi) is 10.1. The average Bonchev–Trinajstić information content (AvgIpc) is 2.99. The van der Waals surface area contributed by atoms with E-state index in [0.29, 0.717) is 17.5 Å². The Bertz CT molecular complexity index is 1320. The number of rotatable bonds is 10. The number of urea groups is 1. The molecule has 0 spiro atoms. The van der Waals surface area contributed by atoms with Crippen LogP contribution < -0.4 is 15.5 Å². The van der Waals surface area contributed by atoms with E-state index in [0.717, 1.165) is 11.3 Å². The molecule has 0 aromatic heterocycles. The number of halogens is 1. The third kappa shape index (κ3) is 8.16. The fourth-order valence-electron chi connectivity index (χ4n) is 5.10. The molecular formula is C33H38FN3O4. The van der Waals surface area contributed by atoms with Crippen molar-refractivity contribution in [2.24, 2.45) is 0 Å². The summed E-state index contributed by atoms with van der Waals surface area (Å²) < 4.78 is 13.3. The van der Waals surface area contributed by atoms with Gasteiger partial charge in [0.1, 0.15) is 0 Å². The number of hydrogen-bond acceptors (Lipinski definition) is 3. The van der Waals surface area contributed by atoms with Crippen LogP contribution in [0, 0.1) is 0 Å². The highest BCUT2D eigenvalue weighted by atomic mass is 19.1. The van der Waals surface area contributed by atoms with Gasteiger partial charge in [-0.1, -0.05) is 69.5 Å². The molecule has 1 atom stereocenters. The minimum Gasteiger partial charge on any atom is -0.479 e. The number of nitrogens with zero attached hydrogens (tertiary/aromatic N) is 1. The molecule has 1 aliphatic rings. The van der Waals surface area contributed by atoms with Gasteiger partial charge in [-0.2, -0.15) is 0 Å². The number of amides is 3. The number of nitrogens with one attached hydrogen (secondary N) is 2. The summed E-state index contributed by atoms with van der Waals surface area (Å²) in [7, 11) is 0. The molecule has 1 aliphatic carbocycles. The summed E-state index contributed by atoms with van der Waals surface area (Å²) >= 11 is 0. The van der Waals surface area contributed by atoms with Crippen LogP contribution in [0.5, 0.6) is 0 Å². The Morgan fingerprint density at radius 1 is 0.902 bits per heavy atom. The van der Waals surface area contributed by atoms with Gasteiger partial charge < -0.3 is 15.7 Å². The molecule has 1 fully saturated rings. The summed E-state index contributed by atoms with van der Waals surface area (Å²) in [5, 5.41) is 14.0. The van der Waals surface area contributed by atoms with Gasteiger partial charge in [-0.15, -0.1) is 0 Å². The standard InChI is InChI=1S/C33H38FN3O4/c1-22(2)24-12-16-28(17-13-24)36-33(41)37(29-18-14-26(15-19-29)25-6-4-3-5-7-25)21-23-8-10-27(11-9-23)31(38)35-20-30(34)32(39)40/h8-19,22,25,30H,3-7,20-21H2,1-2H3,(H,35,38)(H,36,41)(H,39,40). The van der Waals surface area contributed by atoms with Crippen LogP contribution in [0.1, 0.15) is 84.8 Å². The van der Waals surface area contributed by atoms with Gasteiger partial charge in [0.2, 0.25) is 6.17 Å². The zero-order valence-corrected chi connectivity index (χ0v) is 23.6. The van der Waals surface area contributed by atoms with Gasteiger partial charge in [-0.05, 0) is 77.8 Å². The van der Waals surface area contributed by atoms with Crippen LogP contribution in [0.4, 0.5) is 20.6 Å². The van der Waals surface area contributed by atoms with Gasteiger partial charge in [0.05, 0.1) is 13.1 Å². The summed E-state index contributed by atoms with van der Waals surface area (Å²) in [6.45, 7) is 3.88. The molecule has 216 valence electrons. The van der Waals surface area contributed by atoms with Crippen molar-refractivity contribution >= 4 is 29.3 Å². The van der Waals surface area contributed by atoms with E-state index in [1.165, 1.54) is 43.2 Å². The predicted molar refractivity (Wildman–Crippen MR) is 159 cm³/mol. The highest BCUT2D eigenvalue weighted by Gasteiger charge is 2.20. The molecule has 3 aromatic carbocycles. The first-order valence-electron chi connectivity index (χ1n) is 14.2. The van der Waals surface area contributed by atoms with Crippen molar-refractivity contribution < 1.29 is 23.9 Å². The van der Waals surface area contributed by atoms with Crippen molar-refractivity contribution in [2.75, 3.05) is 16.8 Å². The van der Waals surface area contributed by atoms with E-state index < -0.39 is 24.6 Å². The molecule has 0 bridgehead atoms. The SMILES string of the molecule is CC(C)c1ccc(NC(=O)N(Cc2ccc(C(=O)NCC(F)C(=O)O)cc2)c2ccc(C3CCCCC3)cc2)cc1. The second kappa shape index (κ2) is 13.9. The Balaban J connectivity index is 1.51. The second-order valence-corrected chi connectivity index (χ2v) is 10.9. The van der Waals surface area contributed by atoms with E-state index in [2.05, 4.69) is 36.6 Å². The van der Waals surface area contributed by atoms with Gasteiger partial charge >= 0.3 is 12.0 Å². The molecule has 3 N–H and O–H groups in total. The van der Waals surface area contributed by atoms with E-state index in [1.54, 1.807) is 29.2 Å². The summed E-state index contributed by atoms with van der Waals surface area (Å²) in [6, 6.07) is 22.4. The number of benzene rings is 3. The highest BCUT2D eigenvalue weighted by molar-refractivity contribution is 6.01. The molecule has 3 aromatic rings.